The van der Waals surface area contributed by atoms with E-state index in [2.05, 4.69) is 25.8 Å². The summed E-state index contributed by atoms with van der Waals surface area (Å²) in [6.07, 6.45) is 1.12. The number of hydrogen-bond donors (Lipinski definition) is 2. The summed E-state index contributed by atoms with van der Waals surface area (Å²) in [6.45, 7) is 0. The SMILES string of the molecule is Cn1cc(S(N)(=O)=O)c(NS(=O)(=O)c2ccc(Br)cc2)n1. The number of primary sulfonamides is 1. The molecular formula is C10H11BrN4O4S2. The number of benzene rings is 1. The van der Waals surface area contributed by atoms with Crippen LogP contribution < -0.4 is 9.86 Å². The summed E-state index contributed by atoms with van der Waals surface area (Å²) in [5, 5.41) is 8.79. The molecule has 0 amide bonds. The van der Waals surface area contributed by atoms with E-state index in [0.29, 0.717) is 4.47 Å². The maximum atomic E-state index is 12.2. The molecule has 21 heavy (non-hydrogen) atoms. The Hall–Kier alpha value is -1.43. The van der Waals surface area contributed by atoms with E-state index in [0.717, 1.165) is 10.9 Å². The number of aromatic nitrogens is 2. The van der Waals surface area contributed by atoms with Crippen molar-refractivity contribution in [2.75, 3.05) is 4.72 Å². The van der Waals surface area contributed by atoms with Crippen molar-refractivity contribution in [3.63, 3.8) is 0 Å². The molecule has 1 aromatic heterocycles. The fourth-order valence-corrected chi connectivity index (χ4v) is 3.55. The second-order valence-electron chi connectivity index (χ2n) is 4.12. The van der Waals surface area contributed by atoms with Crippen molar-refractivity contribution >= 4 is 41.8 Å². The maximum Gasteiger partial charge on any atom is 0.263 e. The molecule has 11 heteroatoms. The highest BCUT2D eigenvalue weighted by atomic mass is 79.9. The number of anilines is 1. The molecule has 0 saturated heterocycles. The predicted molar refractivity (Wildman–Crippen MR) is 79.5 cm³/mol. The fraction of sp³-hybridized carbons (Fsp3) is 0.100. The number of rotatable bonds is 4. The number of halogens is 1. The molecular weight excluding hydrogens is 384 g/mol. The second kappa shape index (κ2) is 5.40. The lowest BCUT2D eigenvalue weighted by atomic mass is 10.4. The van der Waals surface area contributed by atoms with Crippen molar-refractivity contribution in [1.29, 1.82) is 0 Å². The van der Waals surface area contributed by atoms with Crippen LogP contribution in [0.5, 0.6) is 0 Å². The van der Waals surface area contributed by atoms with Crippen LogP contribution in [0.2, 0.25) is 0 Å². The molecule has 1 aromatic carbocycles. The van der Waals surface area contributed by atoms with Gasteiger partial charge in [0.2, 0.25) is 10.0 Å². The summed E-state index contributed by atoms with van der Waals surface area (Å²) in [4.78, 5) is -0.428. The molecule has 0 aliphatic carbocycles. The molecule has 0 saturated carbocycles. The van der Waals surface area contributed by atoms with Gasteiger partial charge in [0.15, 0.2) is 5.82 Å². The number of hydrogen-bond acceptors (Lipinski definition) is 5. The van der Waals surface area contributed by atoms with Gasteiger partial charge in [-0.15, -0.1) is 0 Å². The Bertz CT molecular complexity index is 872. The van der Waals surface area contributed by atoms with Crippen LogP contribution in [-0.4, -0.2) is 26.6 Å². The monoisotopic (exact) mass is 394 g/mol. The van der Waals surface area contributed by atoms with Gasteiger partial charge in [0.1, 0.15) is 4.90 Å². The quantitative estimate of drug-likeness (QED) is 0.786. The highest BCUT2D eigenvalue weighted by Gasteiger charge is 2.23. The van der Waals surface area contributed by atoms with Crippen molar-refractivity contribution in [1.82, 2.24) is 9.78 Å². The van der Waals surface area contributed by atoms with E-state index < -0.39 is 24.9 Å². The molecule has 0 fully saturated rings. The second-order valence-corrected chi connectivity index (χ2v) is 8.25. The molecule has 0 unspecified atom stereocenters. The summed E-state index contributed by atoms with van der Waals surface area (Å²) in [5.74, 6) is -0.345. The molecule has 2 aromatic rings. The molecule has 0 atom stereocenters. The van der Waals surface area contributed by atoms with Gasteiger partial charge >= 0.3 is 0 Å². The normalized spacial score (nSPS) is 12.3. The van der Waals surface area contributed by atoms with E-state index in [1.54, 1.807) is 12.1 Å². The average Bonchev–Trinajstić information content (AvgIpc) is 2.69. The molecule has 3 N–H and O–H groups in total. The lowest BCUT2D eigenvalue weighted by molar-refractivity contribution is 0.598. The minimum Gasteiger partial charge on any atom is -0.272 e. The van der Waals surface area contributed by atoms with Gasteiger partial charge in [0.05, 0.1) is 4.90 Å². The first-order valence-corrected chi connectivity index (χ1v) is 9.27. The van der Waals surface area contributed by atoms with E-state index in [1.807, 2.05) is 0 Å². The van der Waals surface area contributed by atoms with E-state index in [-0.39, 0.29) is 10.7 Å². The number of nitrogens with two attached hydrogens (primary N) is 1. The van der Waals surface area contributed by atoms with Gasteiger partial charge in [-0.3, -0.25) is 9.40 Å². The minimum absolute atomic E-state index is 0.0308. The average molecular weight is 395 g/mol. The van der Waals surface area contributed by atoms with E-state index in [1.165, 1.54) is 19.2 Å². The molecule has 0 bridgehead atoms. The summed E-state index contributed by atoms with van der Waals surface area (Å²) >= 11 is 3.19. The Morgan fingerprint density at radius 2 is 1.76 bits per heavy atom. The van der Waals surface area contributed by atoms with Crippen molar-refractivity contribution in [3.8, 4) is 0 Å². The first-order valence-electron chi connectivity index (χ1n) is 5.44. The lowest BCUT2D eigenvalue weighted by Crippen LogP contribution is -2.18. The Kier molecular flexibility index (Phi) is 4.10. The van der Waals surface area contributed by atoms with Crippen molar-refractivity contribution in [2.24, 2.45) is 12.2 Å². The summed E-state index contributed by atoms with van der Waals surface area (Å²) < 4.78 is 51.2. The zero-order chi connectivity index (χ0) is 15.8. The highest BCUT2D eigenvalue weighted by molar-refractivity contribution is 9.10. The lowest BCUT2D eigenvalue weighted by Gasteiger charge is -2.06. The number of aryl methyl sites for hydroxylation is 1. The zero-order valence-corrected chi connectivity index (χ0v) is 13.9. The first-order chi connectivity index (χ1) is 9.59. The van der Waals surface area contributed by atoms with Gasteiger partial charge < -0.3 is 0 Å². The number of nitrogens with one attached hydrogen (secondary N) is 1. The maximum absolute atomic E-state index is 12.2. The third kappa shape index (κ3) is 3.61. The van der Waals surface area contributed by atoms with Crippen LogP contribution in [0, 0.1) is 0 Å². The molecule has 0 spiro atoms. The molecule has 114 valence electrons. The van der Waals surface area contributed by atoms with Gasteiger partial charge in [0, 0.05) is 17.7 Å². The van der Waals surface area contributed by atoms with Gasteiger partial charge in [-0.2, -0.15) is 5.10 Å². The van der Waals surface area contributed by atoms with Gasteiger partial charge in [-0.1, -0.05) is 15.9 Å². The van der Waals surface area contributed by atoms with Crippen LogP contribution in [0.3, 0.4) is 0 Å². The van der Waals surface area contributed by atoms with Crippen LogP contribution >= 0.6 is 15.9 Å². The minimum atomic E-state index is -4.09. The van der Waals surface area contributed by atoms with E-state index >= 15 is 0 Å². The van der Waals surface area contributed by atoms with Gasteiger partial charge in [0.25, 0.3) is 10.0 Å². The van der Waals surface area contributed by atoms with Crippen LogP contribution in [0.1, 0.15) is 0 Å². The van der Waals surface area contributed by atoms with Crippen molar-refractivity contribution in [3.05, 3.63) is 34.9 Å². The van der Waals surface area contributed by atoms with Crippen LogP contribution in [0.4, 0.5) is 5.82 Å². The standard InChI is InChI=1S/C10H11BrN4O4S2/c1-15-6-9(20(12,16)17)10(13-15)14-21(18,19)8-4-2-7(11)3-5-8/h2-6H,1H3,(H,13,14)(H2,12,16,17). The van der Waals surface area contributed by atoms with Gasteiger partial charge in [-0.25, -0.2) is 22.0 Å². The Labute approximate surface area is 130 Å². The number of nitrogens with zero attached hydrogens (tertiary/aromatic N) is 2. The molecule has 2 rings (SSSR count). The zero-order valence-electron chi connectivity index (χ0n) is 10.7. The Morgan fingerprint density at radius 3 is 2.29 bits per heavy atom. The van der Waals surface area contributed by atoms with Crippen LogP contribution in [0.25, 0.3) is 0 Å². The topological polar surface area (TPSA) is 124 Å². The summed E-state index contributed by atoms with van der Waals surface area (Å²) in [6, 6.07) is 5.83. The van der Waals surface area contributed by atoms with Crippen molar-refractivity contribution in [2.45, 2.75) is 9.79 Å². The molecule has 1 heterocycles. The summed E-state index contributed by atoms with van der Waals surface area (Å²) in [7, 11) is -6.61. The van der Waals surface area contributed by atoms with E-state index in [9.17, 15) is 16.8 Å². The molecule has 8 nitrogen and oxygen atoms in total. The predicted octanol–water partition coefficient (Wildman–Crippen LogP) is 0.631. The molecule has 0 radical (unpaired) electrons. The first kappa shape index (κ1) is 15.9. The number of sulfonamides is 2. The molecule has 0 aliphatic heterocycles. The Morgan fingerprint density at radius 1 is 1.19 bits per heavy atom. The molecule has 0 aliphatic rings. The largest absolute Gasteiger partial charge is 0.272 e. The third-order valence-corrected chi connectivity index (χ3v) is 5.25. The third-order valence-electron chi connectivity index (χ3n) is 2.46. The van der Waals surface area contributed by atoms with Crippen LogP contribution in [-0.2, 0) is 27.1 Å². The van der Waals surface area contributed by atoms with Crippen molar-refractivity contribution < 1.29 is 16.8 Å². The van der Waals surface area contributed by atoms with Gasteiger partial charge in [-0.05, 0) is 24.3 Å². The summed E-state index contributed by atoms with van der Waals surface area (Å²) in [5.41, 5.74) is 0. The van der Waals surface area contributed by atoms with Crippen LogP contribution in [0.15, 0.2) is 44.7 Å². The fourth-order valence-electron chi connectivity index (χ4n) is 1.55. The van der Waals surface area contributed by atoms with E-state index in [4.69, 9.17) is 5.14 Å². The highest BCUT2D eigenvalue weighted by Crippen LogP contribution is 2.22. The smallest absolute Gasteiger partial charge is 0.263 e. The Balaban J connectivity index is 2.44.